The second-order valence-corrected chi connectivity index (χ2v) is 3.14. The van der Waals surface area contributed by atoms with Crippen molar-refractivity contribution in [2.75, 3.05) is 6.61 Å². The zero-order valence-electron chi connectivity index (χ0n) is 9.24. The number of ether oxygens (including phenoxy) is 1. The van der Waals surface area contributed by atoms with Gasteiger partial charge in [0, 0.05) is 19.7 Å². The summed E-state index contributed by atoms with van der Waals surface area (Å²) in [7, 11) is 0. The molecule has 0 atom stereocenters. The van der Waals surface area contributed by atoms with Gasteiger partial charge in [0.2, 0.25) is 0 Å². The van der Waals surface area contributed by atoms with Gasteiger partial charge in [0.1, 0.15) is 0 Å². The van der Waals surface area contributed by atoms with Crippen LogP contribution in [0.15, 0.2) is 12.3 Å². The van der Waals surface area contributed by atoms with Gasteiger partial charge in [-0.2, -0.15) is 0 Å². The molecule has 0 amide bonds. The number of carbonyl (C=O) groups excluding carboxylic acids is 2. The highest BCUT2D eigenvalue weighted by molar-refractivity contribution is 6.04. The third-order valence-electron chi connectivity index (χ3n) is 2.13. The van der Waals surface area contributed by atoms with Crippen LogP contribution in [-0.2, 0) is 11.3 Å². The number of rotatable bonds is 4. The van der Waals surface area contributed by atoms with Gasteiger partial charge in [-0.05, 0) is 19.9 Å². The van der Waals surface area contributed by atoms with Crippen LogP contribution in [0.25, 0.3) is 0 Å². The first kappa shape index (κ1) is 11.5. The van der Waals surface area contributed by atoms with Crippen LogP contribution in [0.3, 0.4) is 0 Å². The van der Waals surface area contributed by atoms with Gasteiger partial charge in [-0.1, -0.05) is 0 Å². The number of esters is 1. The SMILES string of the molecule is CCOC(=O)c1ccn(CC)c1C(C)=O. The van der Waals surface area contributed by atoms with Crippen LogP contribution < -0.4 is 0 Å². The summed E-state index contributed by atoms with van der Waals surface area (Å²) in [6.45, 7) is 6.08. The summed E-state index contributed by atoms with van der Waals surface area (Å²) in [6, 6.07) is 1.62. The normalized spacial score (nSPS) is 10.1. The average molecular weight is 209 g/mol. The van der Waals surface area contributed by atoms with Crippen LogP contribution in [0.1, 0.15) is 41.6 Å². The lowest BCUT2D eigenvalue weighted by atomic mass is 10.2. The molecule has 4 nitrogen and oxygen atoms in total. The highest BCUT2D eigenvalue weighted by atomic mass is 16.5. The van der Waals surface area contributed by atoms with Crippen molar-refractivity contribution in [1.29, 1.82) is 0 Å². The smallest absolute Gasteiger partial charge is 0.340 e. The summed E-state index contributed by atoms with van der Waals surface area (Å²) < 4.78 is 6.62. The number of hydrogen-bond donors (Lipinski definition) is 0. The molecule has 4 heteroatoms. The van der Waals surface area contributed by atoms with Gasteiger partial charge in [-0.15, -0.1) is 0 Å². The largest absolute Gasteiger partial charge is 0.462 e. The molecule has 1 aromatic rings. The lowest BCUT2D eigenvalue weighted by Gasteiger charge is -2.05. The van der Waals surface area contributed by atoms with Gasteiger partial charge in [0.25, 0.3) is 0 Å². The minimum absolute atomic E-state index is 0.120. The average Bonchev–Trinajstić information content (AvgIpc) is 2.61. The van der Waals surface area contributed by atoms with Gasteiger partial charge in [-0.25, -0.2) is 4.79 Å². The van der Waals surface area contributed by atoms with Crippen molar-refractivity contribution < 1.29 is 14.3 Å². The molecule has 0 N–H and O–H groups in total. The fourth-order valence-electron chi connectivity index (χ4n) is 1.50. The summed E-state index contributed by atoms with van der Waals surface area (Å²) in [5.41, 5.74) is 0.780. The Bertz CT molecular complexity index is 379. The van der Waals surface area contributed by atoms with Crippen molar-refractivity contribution in [3.05, 3.63) is 23.5 Å². The third-order valence-corrected chi connectivity index (χ3v) is 2.13. The van der Waals surface area contributed by atoms with Gasteiger partial charge in [0.15, 0.2) is 5.78 Å². The highest BCUT2D eigenvalue weighted by Crippen LogP contribution is 2.13. The molecule has 0 fully saturated rings. The molecule has 0 bridgehead atoms. The monoisotopic (exact) mass is 209 g/mol. The van der Waals surface area contributed by atoms with E-state index in [-0.39, 0.29) is 5.78 Å². The molecule has 1 aromatic heterocycles. The molecule has 0 saturated heterocycles. The van der Waals surface area contributed by atoms with Gasteiger partial charge < -0.3 is 9.30 Å². The number of Topliss-reactive ketones (excluding diaryl/α,β-unsaturated/α-hetero) is 1. The third kappa shape index (κ3) is 2.26. The van der Waals surface area contributed by atoms with E-state index in [1.807, 2.05) is 6.92 Å². The summed E-state index contributed by atoms with van der Waals surface area (Å²) in [5, 5.41) is 0. The fourth-order valence-corrected chi connectivity index (χ4v) is 1.50. The van der Waals surface area contributed by atoms with Crippen LogP contribution >= 0.6 is 0 Å². The van der Waals surface area contributed by atoms with Crippen molar-refractivity contribution in [1.82, 2.24) is 4.57 Å². The van der Waals surface area contributed by atoms with Crippen molar-refractivity contribution in [3.8, 4) is 0 Å². The molecule has 0 aliphatic rings. The minimum Gasteiger partial charge on any atom is -0.462 e. The van der Waals surface area contributed by atoms with Crippen molar-refractivity contribution in [3.63, 3.8) is 0 Å². The summed E-state index contributed by atoms with van der Waals surface area (Å²) in [6.07, 6.45) is 1.73. The van der Waals surface area contributed by atoms with E-state index in [0.717, 1.165) is 0 Å². The second kappa shape index (κ2) is 4.77. The van der Waals surface area contributed by atoms with E-state index in [4.69, 9.17) is 4.74 Å². The van der Waals surface area contributed by atoms with Crippen LogP contribution in [0.5, 0.6) is 0 Å². The molecule has 0 spiro atoms. The number of nitrogens with zero attached hydrogens (tertiary/aromatic N) is 1. The van der Waals surface area contributed by atoms with Crippen molar-refractivity contribution >= 4 is 11.8 Å². The number of ketones is 1. The van der Waals surface area contributed by atoms with Crippen LogP contribution in [0.4, 0.5) is 0 Å². The molecule has 0 aliphatic heterocycles. The van der Waals surface area contributed by atoms with Crippen LogP contribution in [-0.4, -0.2) is 22.9 Å². The van der Waals surface area contributed by atoms with E-state index in [9.17, 15) is 9.59 Å². The predicted molar refractivity (Wildman–Crippen MR) is 56.1 cm³/mol. The number of aromatic nitrogens is 1. The molecule has 0 aliphatic carbocycles. The Morgan fingerprint density at radius 3 is 2.53 bits per heavy atom. The fraction of sp³-hybridized carbons (Fsp3) is 0.455. The Morgan fingerprint density at radius 2 is 2.07 bits per heavy atom. The maximum atomic E-state index is 11.5. The zero-order chi connectivity index (χ0) is 11.4. The second-order valence-electron chi connectivity index (χ2n) is 3.14. The first-order valence-corrected chi connectivity index (χ1v) is 4.99. The molecule has 0 unspecified atom stereocenters. The number of hydrogen-bond acceptors (Lipinski definition) is 3. The summed E-state index contributed by atoms with van der Waals surface area (Å²) >= 11 is 0. The van der Waals surface area contributed by atoms with E-state index < -0.39 is 5.97 Å². The standard InChI is InChI=1S/C11H15NO3/c1-4-12-7-6-9(10(12)8(3)13)11(14)15-5-2/h6-7H,4-5H2,1-3H3. The molecule has 0 radical (unpaired) electrons. The van der Waals surface area contributed by atoms with Gasteiger partial charge >= 0.3 is 5.97 Å². The summed E-state index contributed by atoms with van der Waals surface area (Å²) in [4.78, 5) is 22.9. The first-order valence-electron chi connectivity index (χ1n) is 4.99. The van der Waals surface area contributed by atoms with E-state index >= 15 is 0 Å². The molecule has 1 heterocycles. The molecule has 82 valence electrons. The maximum Gasteiger partial charge on any atom is 0.340 e. The Labute approximate surface area is 88.8 Å². The van der Waals surface area contributed by atoms with E-state index in [1.54, 1.807) is 23.8 Å². The maximum absolute atomic E-state index is 11.5. The lowest BCUT2D eigenvalue weighted by molar-refractivity contribution is 0.0523. The predicted octanol–water partition coefficient (Wildman–Crippen LogP) is 1.89. The molecule has 0 saturated carbocycles. The number of carbonyl (C=O) groups is 2. The Kier molecular flexibility index (Phi) is 3.66. The molecule has 0 aromatic carbocycles. The zero-order valence-corrected chi connectivity index (χ0v) is 9.24. The van der Waals surface area contributed by atoms with Crippen molar-refractivity contribution in [2.45, 2.75) is 27.3 Å². The van der Waals surface area contributed by atoms with E-state index in [2.05, 4.69) is 0 Å². The Morgan fingerprint density at radius 1 is 1.40 bits per heavy atom. The van der Waals surface area contributed by atoms with Gasteiger partial charge in [0.05, 0.1) is 17.9 Å². The van der Waals surface area contributed by atoms with Crippen molar-refractivity contribution in [2.24, 2.45) is 0 Å². The lowest BCUT2D eigenvalue weighted by Crippen LogP contribution is -2.12. The molecule has 1 rings (SSSR count). The summed E-state index contributed by atoms with van der Waals surface area (Å²) in [5.74, 6) is -0.556. The first-order chi connectivity index (χ1) is 7.11. The Balaban J connectivity index is 3.13. The van der Waals surface area contributed by atoms with Gasteiger partial charge in [-0.3, -0.25) is 4.79 Å². The van der Waals surface area contributed by atoms with E-state index in [1.165, 1.54) is 6.92 Å². The topological polar surface area (TPSA) is 48.3 Å². The minimum atomic E-state index is -0.435. The molecule has 15 heavy (non-hydrogen) atoms. The van der Waals surface area contributed by atoms with Crippen LogP contribution in [0.2, 0.25) is 0 Å². The number of aryl methyl sites for hydroxylation is 1. The quantitative estimate of drug-likeness (QED) is 0.562. The van der Waals surface area contributed by atoms with E-state index in [0.29, 0.717) is 24.4 Å². The molecular weight excluding hydrogens is 194 g/mol. The Hall–Kier alpha value is -1.58. The van der Waals surface area contributed by atoms with Crippen LogP contribution in [0, 0.1) is 0 Å². The molecular formula is C11H15NO3. The highest BCUT2D eigenvalue weighted by Gasteiger charge is 2.19.